The van der Waals surface area contributed by atoms with Crippen LogP contribution in [0.5, 0.6) is 0 Å². The third kappa shape index (κ3) is 3.35. The minimum absolute atomic E-state index is 0.0488. The lowest BCUT2D eigenvalue weighted by Crippen LogP contribution is -2.48. The Morgan fingerprint density at radius 2 is 1.58 bits per heavy atom. The molecule has 3 aromatic rings. The number of amides is 1. The van der Waals surface area contributed by atoms with E-state index in [9.17, 15) is 4.79 Å². The average molecular weight is 386 g/mol. The van der Waals surface area contributed by atoms with Crippen LogP contribution in [0.25, 0.3) is 10.9 Å². The number of pyridine rings is 1. The van der Waals surface area contributed by atoms with E-state index < -0.39 is 0 Å². The van der Waals surface area contributed by atoms with E-state index in [1.54, 1.807) is 30.5 Å². The largest absolute Gasteiger partial charge is 0.367 e. The Hall–Kier alpha value is -2.30. The summed E-state index contributed by atoms with van der Waals surface area (Å²) >= 11 is 12.0. The first kappa shape index (κ1) is 17.1. The van der Waals surface area contributed by atoms with Gasteiger partial charge in [0.2, 0.25) is 0 Å². The van der Waals surface area contributed by atoms with Gasteiger partial charge < -0.3 is 9.80 Å². The number of nitrogens with zero attached hydrogens (tertiary/aromatic N) is 3. The molecule has 0 aliphatic carbocycles. The fourth-order valence-corrected chi connectivity index (χ4v) is 3.60. The van der Waals surface area contributed by atoms with Gasteiger partial charge in [0, 0.05) is 59.1 Å². The predicted molar refractivity (Wildman–Crippen MR) is 106 cm³/mol. The van der Waals surface area contributed by atoms with E-state index in [1.165, 1.54) is 0 Å². The van der Waals surface area contributed by atoms with Gasteiger partial charge in [-0.05, 0) is 48.5 Å². The van der Waals surface area contributed by atoms with Crippen molar-refractivity contribution in [3.63, 3.8) is 0 Å². The Morgan fingerprint density at radius 1 is 0.885 bits per heavy atom. The van der Waals surface area contributed by atoms with Crippen LogP contribution in [0.15, 0.2) is 54.7 Å². The first-order valence-corrected chi connectivity index (χ1v) is 9.21. The number of piperazine rings is 1. The van der Waals surface area contributed by atoms with Crippen LogP contribution in [-0.2, 0) is 0 Å². The maximum absolute atomic E-state index is 12.6. The molecule has 1 amide bonds. The number of halogens is 2. The number of rotatable bonds is 2. The molecule has 0 radical (unpaired) electrons. The van der Waals surface area contributed by atoms with Crippen molar-refractivity contribution in [3.05, 3.63) is 70.3 Å². The van der Waals surface area contributed by atoms with Crippen molar-refractivity contribution in [2.24, 2.45) is 0 Å². The molecule has 6 heteroatoms. The van der Waals surface area contributed by atoms with Gasteiger partial charge >= 0.3 is 0 Å². The second kappa shape index (κ2) is 7.14. The van der Waals surface area contributed by atoms with E-state index >= 15 is 0 Å². The monoisotopic (exact) mass is 385 g/mol. The molecule has 0 atom stereocenters. The fraction of sp³-hybridized carbons (Fsp3) is 0.200. The van der Waals surface area contributed by atoms with E-state index in [4.69, 9.17) is 23.2 Å². The summed E-state index contributed by atoms with van der Waals surface area (Å²) in [5.41, 5.74) is 2.69. The summed E-state index contributed by atoms with van der Waals surface area (Å²) in [6.07, 6.45) is 1.80. The average Bonchev–Trinajstić information content (AvgIpc) is 2.67. The standard InChI is InChI=1S/C20H17Cl2N3O/c21-15-3-1-14(2-4-15)20(26)25-11-9-24(10-12-25)19-7-8-23-18-13-16(22)5-6-17(18)19/h1-8,13H,9-12H2. The van der Waals surface area contributed by atoms with Crippen molar-refractivity contribution < 1.29 is 4.79 Å². The summed E-state index contributed by atoms with van der Waals surface area (Å²) in [5.74, 6) is 0.0488. The van der Waals surface area contributed by atoms with Crippen molar-refractivity contribution in [3.8, 4) is 0 Å². The van der Waals surface area contributed by atoms with Gasteiger partial charge in [0.1, 0.15) is 0 Å². The minimum atomic E-state index is 0.0488. The van der Waals surface area contributed by atoms with Crippen LogP contribution in [-0.4, -0.2) is 42.0 Å². The third-order valence-electron chi connectivity index (χ3n) is 4.68. The van der Waals surface area contributed by atoms with Crippen molar-refractivity contribution in [2.45, 2.75) is 0 Å². The van der Waals surface area contributed by atoms with Crippen LogP contribution >= 0.6 is 23.2 Å². The second-order valence-electron chi connectivity index (χ2n) is 6.28. The van der Waals surface area contributed by atoms with Crippen LogP contribution in [0.1, 0.15) is 10.4 Å². The molecule has 2 aromatic carbocycles. The number of carbonyl (C=O) groups excluding carboxylic acids is 1. The van der Waals surface area contributed by atoms with Crippen molar-refractivity contribution in [1.29, 1.82) is 0 Å². The number of aromatic nitrogens is 1. The molecule has 2 heterocycles. The highest BCUT2D eigenvalue weighted by molar-refractivity contribution is 6.31. The molecule has 1 fully saturated rings. The highest BCUT2D eigenvalue weighted by Gasteiger charge is 2.23. The first-order valence-electron chi connectivity index (χ1n) is 8.46. The smallest absolute Gasteiger partial charge is 0.253 e. The maximum Gasteiger partial charge on any atom is 0.253 e. The van der Waals surface area contributed by atoms with Crippen LogP contribution < -0.4 is 4.90 Å². The molecule has 1 saturated heterocycles. The molecular weight excluding hydrogens is 369 g/mol. The molecule has 4 nitrogen and oxygen atoms in total. The van der Waals surface area contributed by atoms with E-state index in [1.807, 2.05) is 29.2 Å². The summed E-state index contributed by atoms with van der Waals surface area (Å²) in [7, 11) is 0. The minimum Gasteiger partial charge on any atom is -0.367 e. The number of anilines is 1. The lowest BCUT2D eigenvalue weighted by Gasteiger charge is -2.36. The van der Waals surface area contributed by atoms with Gasteiger partial charge in [-0.15, -0.1) is 0 Å². The van der Waals surface area contributed by atoms with Crippen molar-refractivity contribution in [2.75, 3.05) is 31.1 Å². The van der Waals surface area contributed by atoms with E-state index in [0.717, 1.165) is 29.7 Å². The third-order valence-corrected chi connectivity index (χ3v) is 5.17. The molecule has 0 bridgehead atoms. The van der Waals surface area contributed by atoms with E-state index in [-0.39, 0.29) is 5.91 Å². The zero-order chi connectivity index (χ0) is 18.1. The molecule has 0 spiro atoms. The Bertz CT molecular complexity index is 951. The van der Waals surface area contributed by atoms with Crippen molar-refractivity contribution in [1.82, 2.24) is 9.88 Å². The van der Waals surface area contributed by atoms with Gasteiger partial charge in [0.05, 0.1) is 5.52 Å². The number of benzene rings is 2. The summed E-state index contributed by atoms with van der Waals surface area (Å²) in [6.45, 7) is 2.92. The fourth-order valence-electron chi connectivity index (χ4n) is 3.31. The SMILES string of the molecule is O=C(c1ccc(Cl)cc1)N1CCN(c2ccnc3cc(Cl)ccc23)CC1. The highest BCUT2D eigenvalue weighted by atomic mass is 35.5. The molecule has 0 saturated carbocycles. The number of fused-ring (bicyclic) bond motifs is 1. The Labute approximate surface area is 161 Å². The first-order chi connectivity index (χ1) is 12.6. The molecule has 1 aromatic heterocycles. The summed E-state index contributed by atoms with van der Waals surface area (Å²) in [4.78, 5) is 21.2. The molecule has 26 heavy (non-hydrogen) atoms. The van der Waals surface area contributed by atoms with Gasteiger partial charge in [-0.2, -0.15) is 0 Å². The molecule has 0 N–H and O–H groups in total. The summed E-state index contributed by atoms with van der Waals surface area (Å²) in [6, 6.07) is 14.8. The Balaban J connectivity index is 1.50. The van der Waals surface area contributed by atoms with Crippen molar-refractivity contribution >= 4 is 45.7 Å². The van der Waals surface area contributed by atoms with Crippen LogP contribution in [0, 0.1) is 0 Å². The lowest BCUT2D eigenvalue weighted by molar-refractivity contribution is 0.0747. The van der Waals surface area contributed by atoms with Gasteiger partial charge in [-0.25, -0.2) is 0 Å². The molecular formula is C20H17Cl2N3O. The zero-order valence-electron chi connectivity index (χ0n) is 14.0. The number of carbonyl (C=O) groups is 1. The van der Waals surface area contributed by atoms with Crippen LogP contribution in [0.4, 0.5) is 5.69 Å². The lowest BCUT2D eigenvalue weighted by atomic mass is 10.1. The predicted octanol–water partition coefficient (Wildman–Crippen LogP) is 4.50. The molecule has 1 aliphatic rings. The van der Waals surface area contributed by atoms with Crippen LogP contribution in [0.3, 0.4) is 0 Å². The summed E-state index contributed by atoms with van der Waals surface area (Å²) in [5, 5.41) is 2.39. The van der Waals surface area contributed by atoms with E-state index in [0.29, 0.717) is 28.7 Å². The molecule has 4 rings (SSSR count). The Kier molecular flexibility index (Phi) is 4.70. The quantitative estimate of drug-likeness (QED) is 0.651. The summed E-state index contributed by atoms with van der Waals surface area (Å²) < 4.78 is 0. The molecule has 132 valence electrons. The number of hydrogen-bond donors (Lipinski definition) is 0. The van der Waals surface area contributed by atoms with Gasteiger partial charge in [0.25, 0.3) is 5.91 Å². The zero-order valence-corrected chi connectivity index (χ0v) is 15.5. The highest BCUT2D eigenvalue weighted by Crippen LogP contribution is 2.28. The maximum atomic E-state index is 12.6. The van der Waals surface area contributed by atoms with Crippen LogP contribution in [0.2, 0.25) is 10.0 Å². The van der Waals surface area contributed by atoms with Gasteiger partial charge in [0.15, 0.2) is 0 Å². The normalized spacial score (nSPS) is 14.7. The van der Waals surface area contributed by atoms with Gasteiger partial charge in [-0.3, -0.25) is 9.78 Å². The molecule has 1 aliphatic heterocycles. The number of hydrogen-bond acceptors (Lipinski definition) is 3. The second-order valence-corrected chi connectivity index (χ2v) is 7.15. The Morgan fingerprint density at radius 3 is 2.31 bits per heavy atom. The molecule has 0 unspecified atom stereocenters. The van der Waals surface area contributed by atoms with Gasteiger partial charge in [-0.1, -0.05) is 23.2 Å². The van der Waals surface area contributed by atoms with E-state index in [2.05, 4.69) is 9.88 Å². The topological polar surface area (TPSA) is 36.4 Å².